The van der Waals surface area contributed by atoms with Crippen molar-refractivity contribution in [3.63, 3.8) is 0 Å². The molecule has 21 heavy (non-hydrogen) atoms. The molecule has 2 unspecified atom stereocenters. The van der Waals surface area contributed by atoms with Gasteiger partial charge in [-0.05, 0) is 44.4 Å². The van der Waals surface area contributed by atoms with Crippen molar-refractivity contribution in [1.82, 2.24) is 0 Å². The summed E-state index contributed by atoms with van der Waals surface area (Å²) >= 11 is 0. The molecule has 3 heteroatoms. The predicted octanol–water partition coefficient (Wildman–Crippen LogP) is 3.90. The van der Waals surface area contributed by atoms with E-state index < -0.39 is 0 Å². The van der Waals surface area contributed by atoms with Crippen molar-refractivity contribution in [3.8, 4) is 0 Å². The lowest BCUT2D eigenvalue weighted by Crippen LogP contribution is -2.58. The van der Waals surface area contributed by atoms with Gasteiger partial charge in [0.05, 0.1) is 6.10 Å². The predicted molar refractivity (Wildman–Crippen MR) is 89.1 cm³/mol. The van der Waals surface area contributed by atoms with E-state index >= 15 is 0 Å². The van der Waals surface area contributed by atoms with Crippen LogP contribution in [0.5, 0.6) is 0 Å². The third-order valence-electron chi connectivity index (χ3n) is 5.20. The largest absolute Gasteiger partial charge is 0.382 e. The van der Waals surface area contributed by atoms with Crippen LogP contribution in [-0.4, -0.2) is 31.8 Å². The lowest BCUT2D eigenvalue weighted by Gasteiger charge is -2.52. The number of nitrogens with zero attached hydrogens (tertiary/aromatic N) is 1. The van der Waals surface area contributed by atoms with Gasteiger partial charge in [0.2, 0.25) is 0 Å². The fraction of sp³-hybridized carbons (Fsp3) is 0.667. The molecule has 2 aliphatic rings. The van der Waals surface area contributed by atoms with Crippen LogP contribution in [0.25, 0.3) is 0 Å². The molecule has 1 N–H and O–H groups in total. The number of ether oxygens (including phenoxy) is 1. The van der Waals surface area contributed by atoms with Gasteiger partial charge >= 0.3 is 0 Å². The van der Waals surface area contributed by atoms with Crippen molar-refractivity contribution in [2.24, 2.45) is 5.41 Å². The molecule has 0 aromatic heterocycles. The monoisotopic (exact) mass is 288 g/mol. The molecule has 0 amide bonds. The van der Waals surface area contributed by atoms with E-state index in [1.54, 1.807) is 0 Å². The number of benzene rings is 1. The first-order valence-corrected chi connectivity index (χ1v) is 8.34. The number of hydrogen-bond acceptors (Lipinski definition) is 3. The molecule has 3 rings (SSSR count). The highest BCUT2D eigenvalue weighted by Gasteiger charge is 2.48. The Labute approximate surface area is 128 Å². The lowest BCUT2D eigenvalue weighted by atomic mass is 9.64. The zero-order chi connectivity index (χ0) is 14.9. The van der Waals surface area contributed by atoms with Crippen molar-refractivity contribution in [2.45, 2.75) is 52.2 Å². The molecule has 1 aromatic rings. The van der Waals surface area contributed by atoms with Crippen LogP contribution in [0.3, 0.4) is 0 Å². The third-order valence-corrected chi connectivity index (χ3v) is 5.20. The second-order valence-electron chi connectivity index (χ2n) is 6.94. The van der Waals surface area contributed by atoms with Crippen LogP contribution in [0.15, 0.2) is 24.3 Å². The molecule has 1 heterocycles. The zero-order valence-corrected chi connectivity index (χ0v) is 13.6. The summed E-state index contributed by atoms with van der Waals surface area (Å²) in [6, 6.07) is 9.38. The standard InChI is InChI=1S/C18H28N2O/c1-4-21-17-13-16(18(17,2)3)19-14-8-7-9-15(12-14)20-10-5-6-11-20/h7-9,12,16-17,19H,4-6,10-11,13H2,1-3H3. The summed E-state index contributed by atoms with van der Waals surface area (Å²) in [5, 5.41) is 3.71. The molecule has 0 radical (unpaired) electrons. The maximum atomic E-state index is 5.82. The van der Waals surface area contributed by atoms with E-state index in [0.717, 1.165) is 13.0 Å². The van der Waals surface area contributed by atoms with E-state index in [2.05, 4.69) is 55.3 Å². The molecule has 2 fully saturated rings. The second-order valence-corrected chi connectivity index (χ2v) is 6.94. The molecule has 1 saturated carbocycles. The van der Waals surface area contributed by atoms with Crippen molar-refractivity contribution in [3.05, 3.63) is 24.3 Å². The molecule has 3 nitrogen and oxygen atoms in total. The highest BCUT2D eigenvalue weighted by atomic mass is 16.5. The number of hydrogen-bond donors (Lipinski definition) is 1. The van der Waals surface area contributed by atoms with E-state index in [-0.39, 0.29) is 5.41 Å². The maximum absolute atomic E-state index is 5.82. The second kappa shape index (κ2) is 5.88. The van der Waals surface area contributed by atoms with E-state index in [4.69, 9.17) is 4.74 Å². The number of rotatable bonds is 5. The Morgan fingerprint density at radius 1 is 1.29 bits per heavy atom. The highest BCUT2D eigenvalue weighted by Crippen LogP contribution is 2.44. The van der Waals surface area contributed by atoms with Crippen molar-refractivity contribution in [1.29, 1.82) is 0 Å². The molecule has 1 aromatic carbocycles. The molecule has 0 spiro atoms. The van der Waals surface area contributed by atoms with Crippen LogP contribution in [0.2, 0.25) is 0 Å². The van der Waals surface area contributed by atoms with Gasteiger partial charge in [-0.2, -0.15) is 0 Å². The molecular weight excluding hydrogens is 260 g/mol. The Kier molecular flexibility index (Phi) is 4.12. The zero-order valence-electron chi connectivity index (χ0n) is 13.6. The maximum Gasteiger partial charge on any atom is 0.0665 e. The van der Waals surface area contributed by atoms with E-state index in [9.17, 15) is 0 Å². The minimum Gasteiger partial charge on any atom is -0.382 e. The van der Waals surface area contributed by atoms with Gasteiger partial charge in [-0.25, -0.2) is 0 Å². The summed E-state index contributed by atoms with van der Waals surface area (Å²) in [5.41, 5.74) is 2.81. The van der Waals surface area contributed by atoms with Crippen molar-refractivity contribution in [2.75, 3.05) is 29.9 Å². The summed E-state index contributed by atoms with van der Waals surface area (Å²) in [5.74, 6) is 0. The molecule has 0 bridgehead atoms. The molecule has 1 saturated heterocycles. The Morgan fingerprint density at radius 2 is 2.05 bits per heavy atom. The summed E-state index contributed by atoms with van der Waals surface area (Å²) in [6.07, 6.45) is 4.14. The van der Waals surface area contributed by atoms with Crippen LogP contribution in [0, 0.1) is 5.41 Å². The molecular formula is C18H28N2O. The summed E-state index contributed by atoms with van der Waals surface area (Å²) in [6.45, 7) is 9.90. The van der Waals surface area contributed by atoms with Gasteiger partial charge in [-0.1, -0.05) is 19.9 Å². The summed E-state index contributed by atoms with van der Waals surface area (Å²) in [4.78, 5) is 2.49. The van der Waals surface area contributed by atoms with Gasteiger partial charge in [0.25, 0.3) is 0 Å². The smallest absolute Gasteiger partial charge is 0.0665 e. The average Bonchev–Trinajstić information content (AvgIpc) is 3.01. The van der Waals surface area contributed by atoms with Crippen LogP contribution < -0.4 is 10.2 Å². The van der Waals surface area contributed by atoms with Crippen molar-refractivity contribution < 1.29 is 4.74 Å². The van der Waals surface area contributed by atoms with Gasteiger partial charge in [0.1, 0.15) is 0 Å². The van der Waals surface area contributed by atoms with Gasteiger partial charge < -0.3 is 15.0 Å². The van der Waals surface area contributed by atoms with E-state index in [1.165, 1.54) is 37.3 Å². The first-order chi connectivity index (χ1) is 10.1. The number of nitrogens with one attached hydrogen (secondary N) is 1. The van der Waals surface area contributed by atoms with Gasteiger partial charge in [0.15, 0.2) is 0 Å². The Bertz CT molecular complexity index is 480. The molecule has 1 aliphatic carbocycles. The average molecular weight is 288 g/mol. The molecule has 116 valence electrons. The van der Waals surface area contributed by atoms with E-state index in [1.807, 2.05) is 0 Å². The minimum atomic E-state index is 0.208. The highest BCUT2D eigenvalue weighted by molar-refractivity contribution is 5.59. The van der Waals surface area contributed by atoms with Crippen molar-refractivity contribution >= 4 is 11.4 Å². The van der Waals surface area contributed by atoms with Crippen LogP contribution >= 0.6 is 0 Å². The van der Waals surface area contributed by atoms with Gasteiger partial charge in [0, 0.05) is 42.5 Å². The SMILES string of the molecule is CCOC1CC(Nc2cccc(N3CCCC3)c2)C1(C)C. The Balaban J connectivity index is 1.64. The Hall–Kier alpha value is -1.22. The topological polar surface area (TPSA) is 24.5 Å². The summed E-state index contributed by atoms with van der Waals surface area (Å²) < 4.78 is 5.82. The van der Waals surface area contributed by atoms with Crippen LogP contribution in [0.4, 0.5) is 11.4 Å². The summed E-state index contributed by atoms with van der Waals surface area (Å²) in [7, 11) is 0. The first kappa shape index (κ1) is 14.7. The number of anilines is 2. The van der Waals surface area contributed by atoms with Crippen LogP contribution in [0.1, 0.15) is 40.0 Å². The quantitative estimate of drug-likeness (QED) is 0.889. The fourth-order valence-electron chi connectivity index (χ4n) is 3.58. The normalized spacial score (nSPS) is 27.5. The fourth-order valence-corrected chi connectivity index (χ4v) is 3.58. The van der Waals surface area contributed by atoms with Gasteiger partial charge in [-0.15, -0.1) is 0 Å². The van der Waals surface area contributed by atoms with Crippen LogP contribution in [-0.2, 0) is 4.74 Å². The third kappa shape index (κ3) is 2.89. The first-order valence-electron chi connectivity index (χ1n) is 8.34. The van der Waals surface area contributed by atoms with Gasteiger partial charge in [-0.3, -0.25) is 0 Å². The molecule has 2 atom stereocenters. The lowest BCUT2D eigenvalue weighted by molar-refractivity contribution is -0.0975. The Morgan fingerprint density at radius 3 is 2.71 bits per heavy atom. The molecule has 1 aliphatic heterocycles. The van der Waals surface area contributed by atoms with E-state index in [0.29, 0.717) is 12.1 Å². The minimum absolute atomic E-state index is 0.208.